The normalized spacial score (nSPS) is 12.2. The molecule has 0 aromatic carbocycles. The predicted octanol–water partition coefficient (Wildman–Crippen LogP) is 12.4. The van der Waals surface area contributed by atoms with Crippen LogP contribution < -0.4 is 0 Å². The lowest BCUT2D eigenvalue weighted by Gasteiger charge is -2.18. The molecule has 0 aromatic rings. The molecule has 0 aliphatic carbocycles. The second kappa shape index (κ2) is 40.0. The molecule has 0 saturated heterocycles. The molecule has 7 heteroatoms. The van der Waals surface area contributed by atoms with Crippen LogP contribution >= 0.6 is 0 Å². The summed E-state index contributed by atoms with van der Waals surface area (Å²) in [4.78, 5) is 39.3. The van der Waals surface area contributed by atoms with E-state index < -0.39 is 6.10 Å². The maximum atomic E-state index is 12.5. The molecule has 0 aliphatic heterocycles. The fraction of sp³-hybridized carbons (Fsp3) is 0.844. The summed E-state index contributed by atoms with van der Waals surface area (Å²) >= 11 is 0. The van der Waals surface area contributed by atoms with Crippen molar-refractivity contribution in [1.29, 1.82) is 0 Å². The molecule has 0 atom stereocenters. The Morgan fingerprint density at radius 2 is 0.769 bits per heavy atom. The van der Waals surface area contributed by atoms with Crippen LogP contribution in [-0.4, -0.2) is 62.8 Å². The Morgan fingerprint density at radius 3 is 1.13 bits per heavy atom. The summed E-state index contributed by atoms with van der Waals surface area (Å²) in [7, 11) is 3.92. The van der Waals surface area contributed by atoms with E-state index in [2.05, 4.69) is 38.2 Å². The number of hydrogen-bond donors (Lipinski definition) is 0. The molecule has 0 rings (SSSR count). The molecule has 0 amide bonds. The summed E-state index contributed by atoms with van der Waals surface area (Å²) in [5.74, 6) is -0.967. The number of unbranched alkanes of at least 4 members (excludes halogenated alkanes) is 22. The van der Waals surface area contributed by atoms with E-state index in [4.69, 9.17) is 14.2 Å². The summed E-state index contributed by atoms with van der Waals surface area (Å²) in [6.07, 6.45) is 41.5. The van der Waals surface area contributed by atoms with Gasteiger partial charge in [-0.2, -0.15) is 0 Å². The van der Waals surface area contributed by atoms with Gasteiger partial charge in [-0.3, -0.25) is 14.4 Å². The zero-order valence-electron chi connectivity index (χ0n) is 34.6. The van der Waals surface area contributed by atoms with E-state index in [0.29, 0.717) is 19.3 Å². The van der Waals surface area contributed by atoms with E-state index in [-0.39, 0.29) is 37.5 Å². The smallest absolute Gasteiger partial charge is 0.306 e. The highest BCUT2D eigenvalue weighted by Gasteiger charge is 2.19. The fourth-order valence-corrected chi connectivity index (χ4v) is 6.10. The van der Waals surface area contributed by atoms with Crippen molar-refractivity contribution in [2.75, 3.05) is 33.9 Å². The highest BCUT2D eigenvalue weighted by Crippen LogP contribution is 2.13. The number of carbonyl (C=O) groups excluding carboxylic acids is 3. The van der Waals surface area contributed by atoms with Crippen molar-refractivity contribution in [3.8, 4) is 0 Å². The minimum absolute atomic E-state index is 0.0932. The lowest BCUT2D eigenvalue weighted by Crippen LogP contribution is -2.31. The van der Waals surface area contributed by atoms with Gasteiger partial charge in [0.05, 0.1) is 0 Å². The summed E-state index contributed by atoms with van der Waals surface area (Å²) in [5, 5.41) is 0. The highest BCUT2D eigenvalue weighted by molar-refractivity contribution is 5.71. The zero-order valence-corrected chi connectivity index (χ0v) is 34.6. The van der Waals surface area contributed by atoms with Crippen LogP contribution in [0.25, 0.3) is 0 Å². The van der Waals surface area contributed by atoms with Crippen molar-refractivity contribution in [2.24, 2.45) is 0 Å². The largest absolute Gasteiger partial charge is 0.462 e. The van der Waals surface area contributed by atoms with Gasteiger partial charge in [-0.1, -0.05) is 141 Å². The van der Waals surface area contributed by atoms with Crippen molar-refractivity contribution in [1.82, 2.24) is 4.90 Å². The quantitative estimate of drug-likeness (QED) is 0.0269. The Balaban J connectivity index is 4.15. The molecule has 304 valence electrons. The molecule has 0 spiro atoms. The molecule has 7 nitrogen and oxygen atoms in total. The van der Waals surface area contributed by atoms with Gasteiger partial charge in [0.25, 0.3) is 0 Å². The number of rotatable bonds is 39. The van der Waals surface area contributed by atoms with Crippen LogP contribution in [0, 0.1) is 0 Å². The monoisotopic (exact) mass is 734 g/mol. The Labute approximate surface area is 321 Å². The first-order chi connectivity index (χ1) is 25.4. The van der Waals surface area contributed by atoms with Crippen LogP contribution in [0.5, 0.6) is 0 Å². The minimum Gasteiger partial charge on any atom is -0.462 e. The Bertz CT molecular complexity index is 814. The van der Waals surface area contributed by atoms with E-state index >= 15 is 0 Å². The topological polar surface area (TPSA) is 82.1 Å². The highest BCUT2D eigenvalue weighted by atomic mass is 16.6. The molecule has 0 radical (unpaired) electrons. The minimum atomic E-state index is -0.789. The lowest BCUT2D eigenvalue weighted by atomic mass is 10.1. The summed E-state index contributed by atoms with van der Waals surface area (Å²) in [6.45, 7) is 5.10. The third-order valence-electron chi connectivity index (χ3n) is 9.43. The van der Waals surface area contributed by atoms with Crippen LogP contribution in [0.4, 0.5) is 0 Å². The van der Waals surface area contributed by atoms with Crippen LogP contribution in [0.1, 0.15) is 206 Å². The molecule has 0 heterocycles. The Hall–Kier alpha value is -2.15. The summed E-state index contributed by atoms with van der Waals surface area (Å²) < 4.78 is 16.5. The Morgan fingerprint density at radius 1 is 0.442 bits per heavy atom. The summed E-state index contributed by atoms with van der Waals surface area (Å²) in [6, 6.07) is 0. The van der Waals surface area contributed by atoms with Crippen LogP contribution in [0.15, 0.2) is 24.3 Å². The molecular weight excluding hydrogens is 650 g/mol. The number of ether oxygens (including phenoxy) is 3. The van der Waals surface area contributed by atoms with Gasteiger partial charge < -0.3 is 19.1 Å². The van der Waals surface area contributed by atoms with Gasteiger partial charge in [0.15, 0.2) is 6.10 Å². The van der Waals surface area contributed by atoms with Gasteiger partial charge in [0.2, 0.25) is 0 Å². The van der Waals surface area contributed by atoms with Crippen molar-refractivity contribution in [2.45, 2.75) is 213 Å². The van der Waals surface area contributed by atoms with E-state index in [9.17, 15) is 14.4 Å². The summed E-state index contributed by atoms with van der Waals surface area (Å²) in [5.41, 5.74) is 0. The predicted molar refractivity (Wildman–Crippen MR) is 218 cm³/mol. The standard InChI is InChI=1S/C45H83NO6/c1-5-7-9-11-13-15-17-19-21-23-25-27-29-31-33-36-43(47)50-40-42(52-45(49)38-35-39-46(3)4)41-51-44(48)37-34-32-30-28-26-24-22-20-18-16-14-12-10-8-6-2/h19-22,42H,5-18,23-41H2,1-4H3. The fourth-order valence-electron chi connectivity index (χ4n) is 6.10. The first-order valence-electron chi connectivity index (χ1n) is 21.8. The Kier molecular flexibility index (Phi) is 38.4. The molecule has 52 heavy (non-hydrogen) atoms. The average Bonchev–Trinajstić information content (AvgIpc) is 3.12. The molecule has 0 aromatic heterocycles. The SMILES string of the molecule is CCCCCCCCC=CCCCCCCCC(=O)OCC(COC(=O)CCCCCCCC=CCCCCCCCC)OC(=O)CCCN(C)C. The number of hydrogen-bond acceptors (Lipinski definition) is 7. The van der Waals surface area contributed by atoms with E-state index in [0.717, 1.165) is 57.9 Å². The van der Waals surface area contributed by atoms with Gasteiger partial charge in [-0.05, 0) is 91.3 Å². The number of nitrogens with zero attached hydrogens (tertiary/aromatic N) is 1. The van der Waals surface area contributed by atoms with Gasteiger partial charge in [-0.15, -0.1) is 0 Å². The first-order valence-corrected chi connectivity index (χ1v) is 21.8. The average molecular weight is 734 g/mol. The number of carbonyl (C=O) groups is 3. The van der Waals surface area contributed by atoms with Gasteiger partial charge >= 0.3 is 17.9 Å². The van der Waals surface area contributed by atoms with Crippen molar-refractivity contribution < 1.29 is 28.6 Å². The maximum absolute atomic E-state index is 12.5. The molecular formula is C45H83NO6. The third kappa shape index (κ3) is 39.1. The molecule has 0 unspecified atom stereocenters. The molecule has 0 fully saturated rings. The molecule has 0 aliphatic rings. The van der Waals surface area contributed by atoms with E-state index in [1.165, 1.54) is 116 Å². The molecule has 0 saturated carbocycles. The van der Waals surface area contributed by atoms with Crippen molar-refractivity contribution >= 4 is 17.9 Å². The molecule has 0 N–H and O–H groups in total. The maximum Gasteiger partial charge on any atom is 0.306 e. The van der Waals surface area contributed by atoms with Gasteiger partial charge in [0, 0.05) is 19.3 Å². The van der Waals surface area contributed by atoms with Gasteiger partial charge in [-0.25, -0.2) is 0 Å². The molecule has 0 bridgehead atoms. The van der Waals surface area contributed by atoms with Crippen molar-refractivity contribution in [3.63, 3.8) is 0 Å². The lowest BCUT2D eigenvalue weighted by molar-refractivity contribution is -0.167. The van der Waals surface area contributed by atoms with Crippen LogP contribution in [0.2, 0.25) is 0 Å². The van der Waals surface area contributed by atoms with Gasteiger partial charge in [0.1, 0.15) is 13.2 Å². The zero-order chi connectivity index (χ0) is 38.2. The first kappa shape index (κ1) is 49.9. The third-order valence-corrected chi connectivity index (χ3v) is 9.43. The van der Waals surface area contributed by atoms with Crippen LogP contribution in [0.3, 0.4) is 0 Å². The van der Waals surface area contributed by atoms with Crippen LogP contribution in [-0.2, 0) is 28.6 Å². The second-order valence-electron chi connectivity index (χ2n) is 15.1. The van der Waals surface area contributed by atoms with Crippen molar-refractivity contribution in [3.05, 3.63) is 24.3 Å². The second-order valence-corrected chi connectivity index (χ2v) is 15.1. The number of allylic oxidation sites excluding steroid dienone is 4. The van der Waals surface area contributed by atoms with E-state index in [1.807, 2.05) is 19.0 Å². The van der Waals surface area contributed by atoms with E-state index in [1.54, 1.807) is 0 Å². The number of esters is 3.